The van der Waals surface area contributed by atoms with Crippen LogP contribution in [0, 0.1) is 5.92 Å². The zero-order valence-corrected chi connectivity index (χ0v) is 11.1. The van der Waals surface area contributed by atoms with Gasteiger partial charge in [-0.3, -0.25) is 0 Å². The van der Waals surface area contributed by atoms with Gasteiger partial charge in [0.15, 0.2) is 0 Å². The summed E-state index contributed by atoms with van der Waals surface area (Å²) in [5.74, 6) is 1.78. The van der Waals surface area contributed by atoms with Crippen LogP contribution >= 0.6 is 15.9 Å². The number of rotatable bonds is 6. The van der Waals surface area contributed by atoms with Gasteiger partial charge in [0.25, 0.3) is 0 Å². The Labute approximate surface area is 101 Å². The van der Waals surface area contributed by atoms with Crippen molar-refractivity contribution in [3.05, 3.63) is 28.7 Å². The van der Waals surface area contributed by atoms with E-state index in [0.29, 0.717) is 0 Å². The van der Waals surface area contributed by atoms with E-state index in [-0.39, 0.29) is 0 Å². The number of ether oxygens (including phenoxy) is 1. The maximum atomic E-state index is 5.64. The molecule has 2 heteroatoms. The summed E-state index contributed by atoms with van der Waals surface area (Å²) in [5.41, 5.74) is 0. The van der Waals surface area contributed by atoms with Crippen molar-refractivity contribution < 1.29 is 4.74 Å². The molecule has 1 rings (SSSR count). The second kappa shape index (κ2) is 6.89. The van der Waals surface area contributed by atoms with Crippen molar-refractivity contribution in [3.63, 3.8) is 0 Å². The highest BCUT2D eigenvalue weighted by Crippen LogP contribution is 2.17. The Bertz CT molecular complexity index is 268. The highest BCUT2D eigenvalue weighted by molar-refractivity contribution is 9.10. The third-order valence-electron chi connectivity index (χ3n) is 2.62. The second-order valence-electron chi connectivity index (χ2n) is 3.96. The van der Waals surface area contributed by atoms with E-state index in [1.165, 1.54) is 12.8 Å². The smallest absolute Gasteiger partial charge is 0.119 e. The van der Waals surface area contributed by atoms with E-state index in [0.717, 1.165) is 29.2 Å². The molecule has 0 N–H and O–H groups in total. The number of hydrogen-bond acceptors (Lipinski definition) is 1. The van der Waals surface area contributed by atoms with E-state index in [2.05, 4.69) is 29.8 Å². The van der Waals surface area contributed by atoms with E-state index in [9.17, 15) is 0 Å². The monoisotopic (exact) mass is 270 g/mol. The largest absolute Gasteiger partial charge is 0.494 e. The molecule has 0 spiro atoms. The van der Waals surface area contributed by atoms with Gasteiger partial charge in [0, 0.05) is 4.47 Å². The van der Waals surface area contributed by atoms with Crippen LogP contribution in [0.25, 0.3) is 0 Å². The standard InChI is InChI=1S/C13H19BrO/c1-3-11(2)5-4-10-15-13-8-6-12(14)7-9-13/h6-9,11H,3-5,10H2,1-2H3/t11-/m0/s1. The fourth-order valence-electron chi connectivity index (χ4n) is 1.36. The topological polar surface area (TPSA) is 9.23 Å². The first-order valence-electron chi connectivity index (χ1n) is 5.60. The van der Waals surface area contributed by atoms with E-state index in [4.69, 9.17) is 4.74 Å². The molecule has 0 heterocycles. The first-order chi connectivity index (χ1) is 7.22. The summed E-state index contributed by atoms with van der Waals surface area (Å²) < 4.78 is 6.73. The van der Waals surface area contributed by atoms with Crippen molar-refractivity contribution in [1.29, 1.82) is 0 Å². The molecule has 0 saturated carbocycles. The quantitative estimate of drug-likeness (QED) is 0.684. The molecule has 1 atom stereocenters. The van der Waals surface area contributed by atoms with Gasteiger partial charge in [-0.2, -0.15) is 0 Å². The van der Waals surface area contributed by atoms with Crippen LogP contribution in [-0.2, 0) is 0 Å². The molecule has 0 fully saturated rings. The summed E-state index contributed by atoms with van der Waals surface area (Å²) in [4.78, 5) is 0. The minimum atomic E-state index is 0.818. The fourth-order valence-corrected chi connectivity index (χ4v) is 1.62. The van der Waals surface area contributed by atoms with Crippen LogP contribution in [0.2, 0.25) is 0 Å². The lowest BCUT2D eigenvalue weighted by Crippen LogP contribution is -2.00. The molecular weight excluding hydrogens is 252 g/mol. The maximum Gasteiger partial charge on any atom is 0.119 e. The van der Waals surface area contributed by atoms with Gasteiger partial charge in [-0.1, -0.05) is 36.2 Å². The Hall–Kier alpha value is -0.500. The lowest BCUT2D eigenvalue weighted by atomic mass is 10.0. The maximum absolute atomic E-state index is 5.64. The van der Waals surface area contributed by atoms with Gasteiger partial charge in [-0.25, -0.2) is 0 Å². The second-order valence-corrected chi connectivity index (χ2v) is 4.87. The van der Waals surface area contributed by atoms with E-state index >= 15 is 0 Å². The molecular formula is C13H19BrO. The number of halogens is 1. The summed E-state index contributed by atoms with van der Waals surface area (Å²) in [5, 5.41) is 0. The van der Waals surface area contributed by atoms with E-state index in [1.54, 1.807) is 0 Å². The molecule has 1 nitrogen and oxygen atoms in total. The average Bonchev–Trinajstić information content (AvgIpc) is 2.26. The molecule has 0 unspecified atom stereocenters. The minimum absolute atomic E-state index is 0.818. The van der Waals surface area contributed by atoms with Crippen molar-refractivity contribution in [1.82, 2.24) is 0 Å². The molecule has 0 aliphatic heterocycles. The van der Waals surface area contributed by atoms with Crippen molar-refractivity contribution >= 4 is 15.9 Å². The normalized spacial score (nSPS) is 12.5. The number of hydrogen-bond donors (Lipinski definition) is 0. The van der Waals surface area contributed by atoms with Crippen LogP contribution in [-0.4, -0.2) is 6.61 Å². The number of benzene rings is 1. The predicted molar refractivity (Wildman–Crippen MR) is 68.3 cm³/mol. The zero-order chi connectivity index (χ0) is 11.1. The van der Waals surface area contributed by atoms with Crippen LogP contribution in [0.15, 0.2) is 28.7 Å². The summed E-state index contributed by atoms with van der Waals surface area (Å²) in [6, 6.07) is 7.99. The van der Waals surface area contributed by atoms with Gasteiger partial charge < -0.3 is 4.74 Å². The molecule has 0 aromatic heterocycles. The Morgan fingerprint density at radius 1 is 1.27 bits per heavy atom. The summed E-state index contributed by atoms with van der Waals surface area (Å²) in [6.07, 6.45) is 3.66. The minimum Gasteiger partial charge on any atom is -0.494 e. The summed E-state index contributed by atoms with van der Waals surface area (Å²) in [7, 11) is 0. The molecule has 0 aliphatic rings. The summed E-state index contributed by atoms with van der Waals surface area (Å²) >= 11 is 3.40. The van der Waals surface area contributed by atoms with E-state index in [1.807, 2.05) is 24.3 Å². The van der Waals surface area contributed by atoms with Crippen LogP contribution in [0.3, 0.4) is 0 Å². The molecule has 1 aromatic rings. The van der Waals surface area contributed by atoms with Crippen molar-refractivity contribution in [2.75, 3.05) is 6.61 Å². The first-order valence-corrected chi connectivity index (χ1v) is 6.40. The third kappa shape index (κ3) is 5.22. The zero-order valence-electron chi connectivity index (χ0n) is 9.50. The average molecular weight is 271 g/mol. The first kappa shape index (κ1) is 12.6. The van der Waals surface area contributed by atoms with Crippen LogP contribution < -0.4 is 4.74 Å². The molecule has 15 heavy (non-hydrogen) atoms. The predicted octanol–water partition coefficient (Wildman–Crippen LogP) is 4.65. The van der Waals surface area contributed by atoms with Crippen LogP contribution in [0.1, 0.15) is 33.1 Å². The Kier molecular flexibility index (Phi) is 5.77. The van der Waals surface area contributed by atoms with Gasteiger partial charge >= 0.3 is 0 Å². The van der Waals surface area contributed by atoms with Gasteiger partial charge in [0.05, 0.1) is 6.61 Å². The van der Waals surface area contributed by atoms with Gasteiger partial charge in [0.2, 0.25) is 0 Å². The third-order valence-corrected chi connectivity index (χ3v) is 3.15. The molecule has 0 bridgehead atoms. The van der Waals surface area contributed by atoms with Gasteiger partial charge in [-0.05, 0) is 43.0 Å². The van der Waals surface area contributed by atoms with Crippen LogP contribution in [0.4, 0.5) is 0 Å². The fraction of sp³-hybridized carbons (Fsp3) is 0.538. The van der Waals surface area contributed by atoms with Crippen molar-refractivity contribution in [2.45, 2.75) is 33.1 Å². The highest BCUT2D eigenvalue weighted by Gasteiger charge is 1.98. The molecule has 1 aromatic carbocycles. The molecule has 0 radical (unpaired) electrons. The SMILES string of the molecule is CC[C@H](C)CCCOc1ccc(Br)cc1. The molecule has 84 valence electrons. The van der Waals surface area contributed by atoms with Crippen molar-refractivity contribution in [3.8, 4) is 5.75 Å². The Balaban J connectivity index is 2.17. The van der Waals surface area contributed by atoms with Crippen molar-refractivity contribution in [2.24, 2.45) is 5.92 Å². The Morgan fingerprint density at radius 3 is 2.53 bits per heavy atom. The lowest BCUT2D eigenvalue weighted by molar-refractivity contribution is 0.294. The van der Waals surface area contributed by atoms with Gasteiger partial charge in [-0.15, -0.1) is 0 Å². The molecule has 0 aliphatic carbocycles. The molecule has 0 saturated heterocycles. The lowest BCUT2D eigenvalue weighted by Gasteiger charge is -2.09. The molecule has 0 amide bonds. The Morgan fingerprint density at radius 2 is 1.93 bits per heavy atom. The summed E-state index contributed by atoms with van der Waals surface area (Å²) in [6.45, 7) is 5.35. The highest BCUT2D eigenvalue weighted by atomic mass is 79.9. The van der Waals surface area contributed by atoms with Gasteiger partial charge in [0.1, 0.15) is 5.75 Å². The van der Waals surface area contributed by atoms with E-state index < -0.39 is 0 Å². The van der Waals surface area contributed by atoms with Crippen LogP contribution in [0.5, 0.6) is 5.75 Å².